The van der Waals surface area contributed by atoms with Crippen LogP contribution in [0.3, 0.4) is 0 Å². The van der Waals surface area contributed by atoms with E-state index >= 15 is 0 Å². The summed E-state index contributed by atoms with van der Waals surface area (Å²) in [5, 5.41) is 7.78. The first-order valence-corrected chi connectivity index (χ1v) is 8.94. The van der Waals surface area contributed by atoms with Crippen LogP contribution >= 0.6 is 11.6 Å². The van der Waals surface area contributed by atoms with Crippen LogP contribution in [0.15, 0.2) is 29.4 Å². The number of hydrogen-bond donors (Lipinski definition) is 3. The third kappa shape index (κ3) is 3.87. The Labute approximate surface area is 152 Å². The first-order valence-electron chi connectivity index (χ1n) is 8.56. The summed E-state index contributed by atoms with van der Waals surface area (Å²) in [6, 6.07) is 6.60. The number of H-pyrrole nitrogens is 1. The topological polar surface area (TPSA) is 69.3 Å². The second kappa shape index (κ2) is 7.31. The SMILES string of the molecule is Cc1[nH]c2c(c1C(C)C)/C(=N/NC(=O)Nc1ccc(Cl)cc1)CCC2. The van der Waals surface area contributed by atoms with Gasteiger partial charge in [0.15, 0.2) is 0 Å². The highest BCUT2D eigenvalue weighted by molar-refractivity contribution is 6.30. The van der Waals surface area contributed by atoms with Gasteiger partial charge in [0.1, 0.15) is 0 Å². The summed E-state index contributed by atoms with van der Waals surface area (Å²) in [6.07, 6.45) is 2.92. The van der Waals surface area contributed by atoms with Gasteiger partial charge in [-0.25, -0.2) is 10.2 Å². The van der Waals surface area contributed by atoms with Crippen LogP contribution in [0.2, 0.25) is 5.02 Å². The van der Waals surface area contributed by atoms with Gasteiger partial charge >= 0.3 is 6.03 Å². The first kappa shape index (κ1) is 17.5. The van der Waals surface area contributed by atoms with E-state index in [1.807, 2.05) is 0 Å². The Hall–Kier alpha value is -2.27. The van der Waals surface area contributed by atoms with E-state index in [2.05, 4.69) is 41.6 Å². The Kier molecular flexibility index (Phi) is 5.13. The molecule has 2 aromatic rings. The van der Waals surface area contributed by atoms with Crippen molar-refractivity contribution in [2.24, 2.45) is 5.10 Å². The third-order valence-corrected chi connectivity index (χ3v) is 4.67. The average Bonchev–Trinajstić information content (AvgIpc) is 2.91. The molecule has 0 atom stereocenters. The molecule has 6 heteroatoms. The Morgan fingerprint density at radius 3 is 2.64 bits per heavy atom. The van der Waals surface area contributed by atoms with Gasteiger partial charge in [0, 0.05) is 27.7 Å². The summed E-state index contributed by atoms with van der Waals surface area (Å²) in [7, 11) is 0. The molecule has 25 heavy (non-hydrogen) atoms. The van der Waals surface area contributed by atoms with Gasteiger partial charge in [0.2, 0.25) is 0 Å². The Morgan fingerprint density at radius 2 is 1.96 bits per heavy atom. The minimum absolute atomic E-state index is 0.361. The first-order chi connectivity index (χ1) is 12.0. The number of fused-ring (bicyclic) bond motifs is 1. The number of urea groups is 1. The lowest BCUT2D eigenvalue weighted by molar-refractivity contribution is 0.252. The van der Waals surface area contributed by atoms with Gasteiger partial charge in [-0.1, -0.05) is 25.4 Å². The highest BCUT2D eigenvalue weighted by Crippen LogP contribution is 2.32. The molecule has 0 saturated carbocycles. The van der Waals surface area contributed by atoms with Crippen molar-refractivity contribution in [1.82, 2.24) is 10.4 Å². The fourth-order valence-electron chi connectivity index (χ4n) is 3.42. The molecule has 5 nitrogen and oxygen atoms in total. The Morgan fingerprint density at radius 1 is 1.24 bits per heavy atom. The number of carbonyl (C=O) groups excluding carboxylic acids is 1. The van der Waals surface area contributed by atoms with Crippen molar-refractivity contribution in [2.45, 2.75) is 46.0 Å². The van der Waals surface area contributed by atoms with E-state index < -0.39 is 0 Å². The lowest BCUT2D eigenvalue weighted by Gasteiger charge is -2.17. The molecule has 2 amide bonds. The molecule has 1 heterocycles. The molecule has 3 rings (SSSR count). The van der Waals surface area contributed by atoms with E-state index in [-0.39, 0.29) is 6.03 Å². The molecule has 0 fully saturated rings. The van der Waals surface area contributed by atoms with Crippen molar-refractivity contribution >= 4 is 29.0 Å². The van der Waals surface area contributed by atoms with Gasteiger partial charge in [-0.2, -0.15) is 5.10 Å². The van der Waals surface area contributed by atoms with E-state index in [1.165, 1.54) is 22.5 Å². The monoisotopic (exact) mass is 358 g/mol. The van der Waals surface area contributed by atoms with E-state index in [0.717, 1.165) is 25.0 Å². The second-order valence-corrected chi connectivity index (χ2v) is 7.09. The molecule has 3 N–H and O–H groups in total. The zero-order valence-corrected chi connectivity index (χ0v) is 15.5. The molecule has 0 aliphatic heterocycles. The summed E-state index contributed by atoms with van der Waals surface area (Å²) >= 11 is 5.85. The Bertz CT molecular complexity index is 806. The fourth-order valence-corrected chi connectivity index (χ4v) is 3.55. The number of halogens is 1. The van der Waals surface area contributed by atoms with Crippen molar-refractivity contribution in [2.75, 3.05) is 5.32 Å². The number of rotatable bonds is 3. The van der Waals surface area contributed by atoms with Crippen molar-refractivity contribution < 1.29 is 4.79 Å². The van der Waals surface area contributed by atoms with Crippen molar-refractivity contribution in [3.63, 3.8) is 0 Å². The van der Waals surface area contributed by atoms with E-state index in [9.17, 15) is 4.79 Å². The maximum absolute atomic E-state index is 12.1. The van der Waals surface area contributed by atoms with Crippen LogP contribution in [0.5, 0.6) is 0 Å². The number of nitrogens with one attached hydrogen (secondary N) is 3. The molecule has 1 aliphatic carbocycles. The molecule has 0 saturated heterocycles. The minimum atomic E-state index is -0.361. The average molecular weight is 359 g/mol. The Balaban J connectivity index is 1.77. The highest BCUT2D eigenvalue weighted by atomic mass is 35.5. The molecule has 0 unspecified atom stereocenters. The predicted molar refractivity (Wildman–Crippen MR) is 103 cm³/mol. The largest absolute Gasteiger partial charge is 0.362 e. The predicted octanol–water partition coefficient (Wildman–Crippen LogP) is 4.96. The van der Waals surface area contributed by atoms with Crippen LogP contribution in [-0.2, 0) is 6.42 Å². The number of amides is 2. The van der Waals surface area contributed by atoms with Crippen molar-refractivity contribution in [3.05, 3.63) is 51.8 Å². The number of anilines is 1. The van der Waals surface area contributed by atoms with Crippen LogP contribution in [0.4, 0.5) is 10.5 Å². The van der Waals surface area contributed by atoms with Crippen molar-refractivity contribution in [1.29, 1.82) is 0 Å². The minimum Gasteiger partial charge on any atom is -0.362 e. The number of hydrazone groups is 1. The van der Waals surface area contributed by atoms with Gasteiger partial charge in [-0.15, -0.1) is 0 Å². The lowest BCUT2D eigenvalue weighted by atomic mass is 9.88. The molecule has 0 radical (unpaired) electrons. The number of carbonyl (C=O) groups is 1. The summed E-state index contributed by atoms with van der Waals surface area (Å²) in [4.78, 5) is 15.6. The fraction of sp³-hybridized carbons (Fsp3) is 0.368. The molecule has 132 valence electrons. The number of benzene rings is 1. The van der Waals surface area contributed by atoms with Gasteiger partial charge in [-0.3, -0.25) is 0 Å². The summed E-state index contributed by atoms with van der Waals surface area (Å²) in [5.41, 5.74) is 9.15. The zero-order valence-electron chi connectivity index (χ0n) is 14.7. The van der Waals surface area contributed by atoms with Gasteiger partial charge in [-0.05, 0) is 61.9 Å². The van der Waals surface area contributed by atoms with Crippen molar-refractivity contribution in [3.8, 4) is 0 Å². The van der Waals surface area contributed by atoms with Crippen LogP contribution in [0, 0.1) is 6.92 Å². The second-order valence-electron chi connectivity index (χ2n) is 6.66. The van der Waals surface area contributed by atoms with Gasteiger partial charge in [0.25, 0.3) is 0 Å². The van der Waals surface area contributed by atoms with Gasteiger partial charge in [0.05, 0.1) is 5.71 Å². The van der Waals surface area contributed by atoms with Crippen LogP contribution < -0.4 is 10.7 Å². The molecule has 1 aromatic heterocycles. The number of nitrogens with zero attached hydrogens (tertiary/aromatic N) is 1. The highest BCUT2D eigenvalue weighted by Gasteiger charge is 2.25. The normalized spacial score (nSPS) is 15.3. The summed E-state index contributed by atoms with van der Waals surface area (Å²) in [6.45, 7) is 6.47. The van der Waals surface area contributed by atoms with E-state index in [4.69, 9.17) is 11.6 Å². The maximum atomic E-state index is 12.1. The maximum Gasteiger partial charge on any atom is 0.339 e. The molecule has 1 aliphatic rings. The summed E-state index contributed by atoms with van der Waals surface area (Å²) in [5.74, 6) is 0.409. The number of hydrogen-bond acceptors (Lipinski definition) is 2. The van der Waals surface area contributed by atoms with Crippen LogP contribution in [-0.4, -0.2) is 16.7 Å². The van der Waals surface area contributed by atoms with E-state index in [1.54, 1.807) is 24.3 Å². The number of aromatic nitrogens is 1. The smallest absolute Gasteiger partial charge is 0.339 e. The standard InChI is InChI=1S/C19H23ClN4O/c1-11(2)17-12(3)21-15-5-4-6-16(18(15)17)23-24-19(25)22-14-9-7-13(20)8-10-14/h7-11,21H,4-6H2,1-3H3,(H2,22,24,25)/b23-16+. The molecular formula is C19H23ClN4O. The van der Waals surface area contributed by atoms with Crippen LogP contribution in [0.25, 0.3) is 0 Å². The van der Waals surface area contributed by atoms with E-state index in [0.29, 0.717) is 16.6 Å². The van der Waals surface area contributed by atoms with Gasteiger partial charge < -0.3 is 10.3 Å². The zero-order chi connectivity index (χ0) is 18.0. The lowest BCUT2D eigenvalue weighted by Crippen LogP contribution is -2.26. The quantitative estimate of drug-likeness (QED) is 0.666. The third-order valence-electron chi connectivity index (χ3n) is 4.41. The number of aromatic amines is 1. The van der Waals surface area contributed by atoms with Crippen LogP contribution in [0.1, 0.15) is 55.1 Å². The molecule has 0 spiro atoms. The number of aryl methyl sites for hydroxylation is 2. The molecular weight excluding hydrogens is 336 g/mol. The molecule has 0 bridgehead atoms. The summed E-state index contributed by atoms with van der Waals surface area (Å²) < 4.78 is 0. The molecule has 1 aromatic carbocycles.